The molecule has 0 saturated carbocycles. The zero-order valence-corrected chi connectivity index (χ0v) is 18.4. The van der Waals surface area contributed by atoms with Gasteiger partial charge in [-0.05, 0) is 42.8 Å². The zero-order valence-electron chi connectivity index (χ0n) is 15.3. The molecule has 3 rings (SSSR count). The number of nitrogens with one attached hydrogen (secondary N) is 1. The summed E-state index contributed by atoms with van der Waals surface area (Å²) < 4.78 is 33.6. The third-order valence-corrected chi connectivity index (χ3v) is 6.36. The first-order valence-electron chi connectivity index (χ1n) is 8.27. The normalized spacial score (nSPS) is 11.2. The van der Waals surface area contributed by atoms with Gasteiger partial charge >= 0.3 is 0 Å². The predicted molar refractivity (Wildman–Crippen MR) is 116 cm³/mol. The number of nitrogens with two attached hydrogens (primary N) is 1. The molecule has 1 heterocycles. The van der Waals surface area contributed by atoms with E-state index in [1.807, 2.05) is 0 Å². The minimum absolute atomic E-state index is 0.0391. The van der Waals surface area contributed by atoms with Crippen molar-refractivity contribution in [2.45, 2.75) is 11.8 Å². The zero-order chi connectivity index (χ0) is 22.1. The van der Waals surface area contributed by atoms with Gasteiger partial charge in [-0.25, -0.2) is 8.42 Å². The Morgan fingerprint density at radius 1 is 1.03 bits per heavy atom. The Balaban J connectivity index is 1.96. The summed E-state index contributed by atoms with van der Waals surface area (Å²) in [5.41, 5.74) is 5.81. The van der Waals surface area contributed by atoms with Crippen LogP contribution in [0.5, 0.6) is 11.5 Å². The average Bonchev–Trinajstić information content (AvgIpc) is 2.65. The van der Waals surface area contributed by atoms with Crippen LogP contribution in [0, 0.1) is 6.92 Å². The number of primary amides is 1. The molecule has 0 aliphatic rings. The Bertz CT molecular complexity index is 1250. The highest BCUT2D eigenvalue weighted by molar-refractivity contribution is 7.92. The first-order valence-corrected chi connectivity index (χ1v) is 10.9. The van der Waals surface area contributed by atoms with E-state index in [1.54, 1.807) is 6.92 Å². The van der Waals surface area contributed by atoms with Crippen molar-refractivity contribution >= 4 is 56.4 Å². The van der Waals surface area contributed by atoms with E-state index in [9.17, 15) is 13.2 Å². The largest absolute Gasteiger partial charge is 0.456 e. The lowest BCUT2D eigenvalue weighted by atomic mass is 10.1. The summed E-state index contributed by atoms with van der Waals surface area (Å²) in [6, 6.07) is 8.30. The number of sulfonamides is 1. The third kappa shape index (κ3) is 4.96. The van der Waals surface area contributed by atoms with Crippen molar-refractivity contribution in [2.24, 2.45) is 5.73 Å². The SMILES string of the molecule is Cc1cc(S(=O)(=O)Nc2ccc(Oc3cncc(Cl)c3)cc2C(N)=O)c(Cl)cc1Cl. The van der Waals surface area contributed by atoms with Crippen LogP contribution in [0.15, 0.2) is 53.7 Å². The molecular weight excluding hydrogens is 473 g/mol. The summed E-state index contributed by atoms with van der Waals surface area (Å²) in [5.74, 6) is -0.299. The number of aromatic nitrogens is 1. The number of ether oxygens (including phenoxy) is 1. The van der Waals surface area contributed by atoms with Crippen LogP contribution in [-0.4, -0.2) is 19.3 Å². The fourth-order valence-corrected chi connectivity index (χ4v) is 4.58. The summed E-state index contributed by atoms with van der Waals surface area (Å²) in [6.45, 7) is 1.64. The molecule has 156 valence electrons. The topological polar surface area (TPSA) is 111 Å². The van der Waals surface area contributed by atoms with Crippen LogP contribution in [-0.2, 0) is 10.0 Å². The van der Waals surface area contributed by atoms with Crippen LogP contribution in [0.3, 0.4) is 0 Å². The quantitative estimate of drug-likeness (QED) is 0.507. The van der Waals surface area contributed by atoms with Crippen LogP contribution < -0.4 is 15.2 Å². The molecule has 3 aromatic rings. The van der Waals surface area contributed by atoms with E-state index in [4.69, 9.17) is 45.3 Å². The molecule has 3 N–H and O–H groups in total. The van der Waals surface area contributed by atoms with E-state index in [0.29, 0.717) is 21.4 Å². The lowest BCUT2D eigenvalue weighted by Gasteiger charge is -2.14. The number of rotatable bonds is 6. The van der Waals surface area contributed by atoms with Gasteiger partial charge in [0.2, 0.25) is 0 Å². The second-order valence-electron chi connectivity index (χ2n) is 6.15. The molecule has 0 radical (unpaired) electrons. The van der Waals surface area contributed by atoms with Crippen molar-refractivity contribution in [3.8, 4) is 11.5 Å². The lowest BCUT2D eigenvalue weighted by molar-refractivity contribution is 0.100. The number of amides is 1. The predicted octanol–water partition coefficient (Wildman–Crippen LogP) is 5.04. The van der Waals surface area contributed by atoms with Gasteiger partial charge in [-0.15, -0.1) is 0 Å². The van der Waals surface area contributed by atoms with E-state index < -0.39 is 15.9 Å². The smallest absolute Gasteiger partial charge is 0.263 e. The molecule has 0 aliphatic carbocycles. The number of pyridine rings is 1. The van der Waals surface area contributed by atoms with E-state index in [0.717, 1.165) is 0 Å². The Kier molecular flexibility index (Phi) is 6.42. The fraction of sp³-hybridized carbons (Fsp3) is 0.0526. The highest BCUT2D eigenvalue weighted by atomic mass is 35.5. The van der Waals surface area contributed by atoms with E-state index in [-0.39, 0.29) is 26.9 Å². The van der Waals surface area contributed by atoms with Gasteiger partial charge in [-0.2, -0.15) is 0 Å². The Hall–Kier alpha value is -2.52. The van der Waals surface area contributed by atoms with Crippen LogP contribution in [0.25, 0.3) is 0 Å². The molecule has 0 atom stereocenters. The number of nitrogens with zero attached hydrogens (tertiary/aromatic N) is 1. The van der Waals surface area contributed by atoms with Gasteiger partial charge in [0, 0.05) is 17.3 Å². The van der Waals surface area contributed by atoms with Gasteiger partial charge in [0.1, 0.15) is 16.4 Å². The Morgan fingerprint density at radius 3 is 2.43 bits per heavy atom. The number of benzene rings is 2. The maximum atomic E-state index is 12.8. The summed E-state index contributed by atoms with van der Waals surface area (Å²) in [7, 11) is -4.13. The minimum Gasteiger partial charge on any atom is -0.456 e. The highest BCUT2D eigenvalue weighted by Crippen LogP contribution is 2.32. The van der Waals surface area contributed by atoms with Crippen molar-refractivity contribution < 1.29 is 17.9 Å². The number of aryl methyl sites for hydroxylation is 1. The van der Waals surface area contributed by atoms with Gasteiger partial charge in [0.15, 0.2) is 0 Å². The number of anilines is 1. The minimum atomic E-state index is -4.13. The van der Waals surface area contributed by atoms with Gasteiger partial charge in [-0.1, -0.05) is 34.8 Å². The molecule has 11 heteroatoms. The number of halogens is 3. The molecule has 0 fully saturated rings. The molecule has 0 saturated heterocycles. The molecule has 0 aliphatic heterocycles. The van der Waals surface area contributed by atoms with Gasteiger partial charge in [-0.3, -0.25) is 14.5 Å². The Morgan fingerprint density at radius 2 is 1.77 bits per heavy atom. The van der Waals surface area contributed by atoms with Crippen LogP contribution in [0.4, 0.5) is 5.69 Å². The van der Waals surface area contributed by atoms with Crippen molar-refractivity contribution in [3.63, 3.8) is 0 Å². The van der Waals surface area contributed by atoms with Crippen LogP contribution in [0.2, 0.25) is 15.1 Å². The van der Waals surface area contributed by atoms with E-state index >= 15 is 0 Å². The first kappa shape index (κ1) is 22.2. The van der Waals surface area contributed by atoms with Crippen LogP contribution in [0.1, 0.15) is 15.9 Å². The maximum Gasteiger partial charge on any atom is 0.263 e. The average molecular weight is 487 g/mol. The molecule has 1 aromatic heterocycles. The molecule has 7 nitrogen and oxygen atoms in total. The molecule has 0 unspecified atom stereocenters. The van der Waals surface area contributed by atoms with Gasteiger partial charge in [0.05, 0.1) is 27.5 Å². The number of carbonyl (C=O) groups excluding carboxylic acids is 1. The van der Waals surface area contributed by atoms with Gasteiger partial charge in [0.25, 0.3) is 15.9 Å². The van der Waals surface area contributed by atoms with Gasteiger partial charge < -0.3 is 10.5 Å². The summed E-state index contributed by atoms with van der Waals surface area (Å²) in [4.78, 5) is 15.6. The molecular formula is C19H14Cl3N3O4S. The summed E-state index contributed by atoms with van der Waals surface area (Å²) in [5, 5.41) is 0.628. The monoisotopic (exact) mass is 485 g/mol. The summed E-state index contributed by atoms with van der Waals surface area (Å²) >= 11 is 17.9. The number of hydrogen-bond donors (Lipinski definition) is 2. The number of carbonyl (C=O) groups is 1. The standard InChI is InChI=1S/C19H14Cl3N3O4S/c1-10-4-18(16(22)7-15(10)21)30(27,28)25-17-3-2-12(6-14(17)19(23)26)29-13-5-11(20)8-24-9-13/h2-9,25H,1H3,(H2,23,26). The molecule has 30 heavy (non-hydrogen) atoms. The molecule has 1 amide bonds. The molecule has 0 bridgehead atoms. The van der Waals surface area contributed by atoms with Crippen molar-refractivity contribution in [1.29, 1.82) is 0 Å². The molecule has 2 aromatic carbocycles. The van der Waals surface area contributed by atoms with E-state index in [1.165, 1.54) is 48.8 Å². The Labute approximate surface area is 187 Å². The van der Waals surface area contributed by atoms with Crippen molar-refractivity contribution in [2.75, 3.05) is 4.72 Å². The number of hydrogen-bond acceptors (Lipinski definition) is 5. The third-order valence-electron chi connectivity index (χ3n) is 3.92. The first-order chi connectivity index (χ1) is 14.1. The lowest BCUT2D eigenvalue weighted by Crippen LogP contribution is -2.19. The maximum absolute atomic E-state index is 12.8. The second-order valence-corrected chi connectivity index (χ2v) is 9.05. The second kappa shape index (κ2) is 8.69. The fourth-order valence-electron chi connectivity index (χ4n) is 2.50. The van der Waals surface area contributed by atoms with Crippen LogP contribution >= 0.6 is 34.8 Å². The molecule has 0 spiro atoms. The highest BCUT2D eigenvalue weighted by Gasteiger charge is 2.22. The van der Waals surface area contributed by atoms with Crippen molar-refractivity contribution in [1.82, 2.24) is 4.98 Å². The summed E-state index contributed by atoms with van der Waals surface area (Å²) in [6.07, 6.45) is 2.86. The van der Waals surface area contributed by atoms with E-state index in [2.05, 4.69) is 9.71 Å². The van der Waals surface area contributed by atoms with Crippen molar-refractivity contribution in [3.05, 3.63) is 75.0 Å².